The van der Waals surface area contributed by atoms with Gasteiger partial charge in [0.25, 0.3) is 5.91 Å². The lowest BCUT2D eigenvalue weighted by Crippen LogP contribution is -2.31. The number of anilines is 1. The van der Waals surface area contributed by atoms with Crippen LogP contribution in [-0.4, -0.2) is 34.9 Å². The second-order valence-corrected chi connectivity index (χ2v) is 4.64. The van der Waals surface area contributed by atoms with E-state index in [0.29, 0.717) is 24.7 Å². The molecule has 0 spiro atoms. The van der Waals surface area contributed by atoms with Crippen molar-refractivity contribution in [3.8, 4) is 0 Å². The Morgan fingerprint density at radius 3 is 2.68 bits per heavy atom. The second-order valence-electron chi connectivity index (χ2n) is 4.64. The van der Waals surface area contributed by atoms with Gasteiger partial charge < -0.3 is 10.2 Å². The molecular weight excluding hydrogens is 238 g/mol. The van der Waals surface area contributed by atoms with Crippen molar-refractivity contribution >= 4 is 11.7 Å². The normalized spacial score (nSPS) is 13.7. The monoisotopic (exact) mass is 257 g/mol. The Hall–Kier alpha value is -2.10. The third kappa shape index (κ3) is 3.68. The van der Waals surface area contributed by atoms with Crippen molar-refractivity contribution in [3.05, 3.63) is 49.2 Å². The molecule has 100 valence electrons. The molecule has 2 rings (SSSR count). The van der Waals surface area contributed by atoms with Crippen LogP contribution < -0.4 is 5.32 Å². The van der Waals surface area contributed by atoms with Gasteiger partial charge in [0.15, 0.2) is 0 Å². The predicted octanol–water partition coefficient (Wildman–Crippen LogP) is 2.47. The Labute approximate surface area is 113 Å². The van der Waals surface area contributed by atoms with Crippen molar-refractivity contribution in [2.45, 2.75) is 18.9 Å². The number of aromatic nitrogens is 1. The van der Waals surface area contributed by atoms with Crippen molar-refractivity contribution in [3.63, 3.8) is 0 Å². The summed E-state index contributed by atoms with van der Waals surface area (Å²) in [6.45, 7) is 8.37. The van der Waals surface area contributed by atoms with E-state index in [2.05, 4.69) is 23.5 Å². The maximum absolute atomic E-state index is 12.4. The molecule has 0 aromatic carbocycles. The van der Waals surface area contributed by atoms with Gasteiger partial charge in [-0.1, -0.05) is 12.2 Å². The van der Waals surface area contributed by atoms with Gasteiger partial charge in [-0.05, 0) is 25.0 Å². The Kier molecular flexibility index (Phi) is 4.34. The van der Waals surface area contributed by atoms with Gasteiger partial charge in [-0.2, -0.15) is 0 Å². The summed E-state index contributed by atoms with van der Waals surface area (Å²) in [7, 11) is 0. The van der Waals surface area contributed by atoms with Crippen LogP contribution in [0.4, 0.5) is 5.82 Å². The van der Waals surface area contributed by atoms with Crippen LogP contribution >= 0.6 is 0 Å². The van der Waals surface area contributed by atoms with Crippen molar-refractivity contribution in [2.24, 2.45) is 0 Å². The molecule has 1 aliphatic carbocycles. The third-order valence-electron chi connectivity index (χ3n) is 2.92. The first-order valence-corrected chi connectivity index (χ1v) is 6.48. The minimum atomic E-state index is -0.0268. The summed E-state index contributed by atoms with van der Waals surface area (Å²) in [5.41, 5.74) is 0.641. The lowest BCUT2D eigenvalue weighted by molar-refractivity contribution is 0.0791. The highest BCUT2D eigenvalue weighted by Gasteiger charge is 2.22. The largest absolute Gasteiger partial charge is 0.367 e. The first kappa shape index (κ1) is 13.3. The molecule has 19 heavy (non-hydrogen) atoms. The maximum atomic E-state index is 12.4. The fourth-order valence-corrected chi connectivity index (χ4v) is 1.81. The van der Waals surface area contributed by atoms with Crippen LogP contribution in [0.15, 0.2) is 43.6 Å². The summed E-state index contributed by atoms with van der Waals surface area (Å²) in [4.78, 5) is 18.3. The van der Waals surface area contributed by atoms with E-state index in [-0.39, 0.29) is 5.91 Å². The van der Waals surface area contributed by atoms with E-state index >= 15 is 0 Å². The number of carbonyl (C=O) groups is 1. The van der Waals surface area contributed by atoms with Gasteiger partial charge in [0, 0.05) is 30.9 Å². The second kappa shape index (κ2) is 6.18. The Bertz CT molecular complexity index is 470. The highest BCUT2D eigenvalue weighted by molar-refractivity contribution is 5.95. The van der Waals surface area contributed by atoms with Crippen LogP contribution in [0.1, 0.15) is 23.2 Å². The molecule has 0 bridgehead atoms. The average Bonchev–Trinajstić information content (AvgIpc) is 3.22. The smallest absolute Gasteiger partial charge is 0.254 e. The van der Waals surface area contributed by atoms with Crippen LogP contribution in [0.3, 0.4) is 0 Å². The van der Waals surface area contributed by atoms with Crippen molar-refractivity contribution in [2.75, 3.05) is 18.4 Å². The number of rotatable bonds is 7. The third-order valence-corrected chi connectivity index (χ3v) is 2.92. The Morgan fingerprint density at radius 1 is 1.42 bits per heavy atom. The molecule has 4 heteroatoms. The SMILES string of the molecule is C=CCN(CC=C)C(=O)c1ccnc(NC2CC2)c1. The molecule has 0 radical (unpaired) electrons. The topological polar surface area (TPSA) is 45.2 Å². The minimum Gasteiger partial charge on any atom is -0.367 e. The first-order valence-electron chi connectivity index (χ1n) is 6.48. The van der Waals surface area contributed by atoms with E-state index in [1.54, 1.807) is 35.4 Å². The van der Waals surface area contributed by atoms with E-state index in [9.17, 15) is 4.79 Å². The Balaban J connectivity index is 2.11. The predicted molar refractivity (Wildman–Crippen MR) is 77.2 cm³/mol. The molecule has 1 aliphatic rings. The van der Waals surface area contributed by atoms with Crippen LogP contribution in [0, 0.1) is 0 Å². The lowest BCUT2D eigenvalue weighted by Gasteiger charge is -2.19. The number of hydrogen-bond acceptors (Lipinski definition) is 3. The summed E-state index contributed by atoms with van der Waals surface area (Å²) in [6, 6.07) is 4.06. The fraction of sp³-hybridized carbons (Fsp3) is 0.333. The summed E-state index contributed by atoms with van der Waals surface area (Å²) in [6.07, 6.45) is 7.45. The molecule has 0 atom stereocenters. The summed E-state index contributed by atoms with van der Waals surface area (Å²) < 4.78 is 0. The maximum Gasteiger partial charge on any atom is 0.254 e. The molecule has 1 amide bonds. The van der Waals surface area contributed by atoms with Gasteiger partial charge in [0.2, 0.25) is 0 Å². The zero-order chi connectivity index (χ0) is 13.7. The number of hydrogen-bond donors (Lipinski definition) is 1. The van der Waals surface area contributed by atoms with Crippen molar-refractivity contribution in [1.82, 2.24) is 9.88 Å². The van der Waals surface area contributed by atoms with E-state index in [4.69, 9.17) is 0 Å². The van der Waals surface area contributed by atoms with E-state index in [0.717, 1.165) is 5.82 Å². The molecule has 0 saturated heterocycles. The summed E-state index contributed by atoms with van der Waals surface area (Å²) in [5.74, 6) is 0.742. The molecule has 1 N–H and O–H groups in total. The van der Waals surface area contributed by atoms with Gasteiger partial charge >= 0.3 is 0 Å². The number of pyridine rings is 1. The van der Waals surface area contributed by atoms with E-state index in [1.165, 1.54) is 12.8 Å². The standard InChI is InChI=1S/C15H19N3O/c1-3-9-18(10-4-2)15(19)12-7-8-16-14(11-12)17-13-5-6-13/h3-4,7-8,11,13H,1-2,5-6,9-10H2,(H,16,17). The zero-order valence-electron chi connectivity index (χ0n) is 11.0. The summed E-state index contributed by atoms with van der Waals surface area (Å²) >= 11 is 0. The van der Waals surface area contributed by atoms with Crippen molar-refractivity contribution in [1.29, 1.82) is 0 Å². The number of carbonyl (C=O) groups excluding carboxylic acids is 1. The van der Waals surface area contributed by atoms with Gasteiger partial charge in [0.1, 0.15) is 5.82 Å². The molecule has 1 fully saturated rings. The quantitative estimate of drug-likeness (QED) is 0.763. The molecule has 1 aromatic heterocycles. The number of nitrogens with one attached hydrogen (secondary N) is 1. The molecule has 1 heterocycles. The zero-order valence-corrected chi connectivity index (χ0v) is 11.0. The van der Waals surface area contributed by atoms with Crippen LogP contribution in [0.25, 0.3) is 0 Å². The molecule has 1 saturated carbocycles. The van der Waals surface area contributed by atoms with E-state index in [1.807, 2.05) is 0 Å². The van der Waals surface area contributed by atoms with Crippen LogP contribution in [0.5, 0.6) is 0 Å². The van der Waals surface area contributed by atoms with Crippen LogP contribution in [0.2, 0.25) is 0 Å². The van der Waals surface area contributed by atoms with Gasteiger partial charge in [-0.3, -0.25) is 4.79 Å². The lowest BCUT2D eigenvalue weighted by atomic mass is 10.2. The number of nitrogens with zero attached hydrogens (tertiary/aromatic N) is 2. The van der Waals surface area contributed by atoms with Crippen molar-refractivity contribution < 1.29 is 4.79 Å². The van der Waals surface area contributed by atoms with Gasteiger partial charge in [-0.25, -0.2) is 4.98 Å². The van der Waals surface area contributed by atoms with Gasteiger partial charge in [0.05, 0.1) is 0 Å². The highest BCUT2D eigenvalue weighted by atomic mass is 16.2. The molecule has 1 aromatic rings. The Morgan fingerprint density at radius 2 is 2.11 bits per heavy atom. The summed E-state index contributed by atoms with van der Waals surface area (Å²) in [5, 5.41) is 3.29. The molecule has 4 nitrogen and oxygen atoms in total. The number of amides is 1. The molecule has 0 unspecified atom stereocenters. The first-order chi connectivity index (χ1) is 9.24. The molecule has 0 aliphatic heterocycles. The highest BCUT2D eigenvalue weighted by Crippen LogP contribution is 2.24. The minimum absolute atomic E-state index is 0.0268. The van der Waals surface area contributed by atoms with Crippen LogP contribution in [-0.2, 0) is 0 Å². The molecular formula is C15H19N3O. The van der Waals surface area contributed by atoms with Gasteiger partial charge in [-0.15, -0.1) is 13.2 Å². The fourth-order valence-electron chi connectivity index (χ4n) is 1.81. The van der Waals surface area contributed by atoms with E-state index < -0.39 is 0 Å². The average molecular weight is 257 g/mol.